The first kappa shape index (κ1) is 7.23. The van der Waals surface area contributed by atoms with Crippen molar-refractivity contribution in [2.75, 3.05) is 0 Å². The smallest absolute Gasteiger partial charge is 0.159 e. The zero-order valence-electron chi connectivity index (χ0n) is 5.99. The second-order valence-electron chi connectivity index (χ2n) is 2.07. The SMILES string of the molecule is Sc1cc(-n2cncn2)ncn1. The summed E-state index contributed by atoms with van der Waals surface area (Å²) in [6.45, 7) is 0. The fraction of sp³-hybridized carbons (Fsp3) is 0. The highest BCUT2D eigenvalue weighted by molar-refractivity contribution is 7.80. The second-order valence-corrected chi connectivity index (χ2v) is 2.53. The van der Waals surface area contributed by atoms with Gasteiger partial charge < -0.3 is 0 Å². The van der Waals surface area contributed by atoms with E-state index < -0.39 is 0 Å². The van der Waals surface area contributed by atoms with Gasteiger partial charge in [0.2, 0.25) is 0 Å². The van der Waals surface area contributed by atoms with E-state index >= 15 is 0 Å². The predicted octanol–water partition coefficient (Wildman–Crippen LogP) is 0.346. The quantitative estimate of drug-likeness (QED) is 0.507. The van der Waals surface area contributed by atoms with Crippen molar-refractivity contribution in [1.29, 1.82) is 0 Å². The third-order valence-corrected chi connectivity index (χ3v) is 1.54. The molecule has 0 spiro atoms. The van der Waals surface area contributed by atoms with E-state index in [1.165, 1.54) is 12.7 Å². The summed E-state index contributed by atoms with van der Waals surface area (Å²) >= 11 is 4.07. The lowest BCUT2D eigenvalue weighted by Gasteiger charge is -1.97. The van der Waals surface area contributed by atoms with Crippen LogP contribution in [0.5, 0.6) is 0 Å². The van der Waals surface area contributed by atoms with Crippen LogP contribution in [-0.2, 0) is 0 Å². The van der Waals surface area contributed by atoms with Crippen LogP contribution < -0.4 is 0 Å². The lowest BCUT2D eigenvalue weighted by Crippen LogP contribution is -1.98. The first-order valence-corrected chi connectivity index (χ1v) is 3.67. The Morgan fingerprint density at radius 3 is 2.83 bits per heavy atom. The molecule has 2 heterocycles. The lowest BCUT2D eigenvalue weighted by atomic mass is 10.6. The molecule has 12 heavy (non-hydrogen) atoms. The number of thiol groups is 1. The molecule has 0 N–H and O–H groups in total. The average Bonchev–Trinajstić information content (AvgIpc) is 2.56. The van der Waals surface area contributed by atoms with E-state index in [-0.39, 0.29) is 0 Å². The summed E-state index contributed by atoms with van der Waals surface area (Å²) in [4.78, 5) is 11.6. The molecular weight excluding hydrogens is 174 g/mol. The molecule has 0 radical (unpaired) electrons. The Balaban J connectivity index is 2.48. The van der Waals surface area contributed by atoms with Gasteiger partial charge in [-0.3, -0.25) is 0 Å². The predicted molar refractivity (Wildman–Crippen MR) is 44.2 cm³/mol. The molecule has 0 fully saturated rings. The van der Waals surface area contributed by atoms with Gasteiger partial charge in [-0.1, -0.05) is 0 Å². The van der Waals surface area contributed by atoms with Crippen molar-refractivity contribution in [1.82, 2.24) is 24.7 Å². The molecule has 0 aliphatic carbocycles. The van der Waals surface area contributed by atoms with E-state index in [9.17, 15) is 0 Å². The largest absolute Gasteiger partial charge is 0.230 e. The first-order valence-electron chi connectivity index (χ1n) is 3.22. The minimum Gasteiger partial charge on any atom is -0.230 e. The van der Waals surface area contributed by atoms with Gasteiger partial charge in [0.1, 0.15) is 19.0 Å². The third-order valence-electron chi connectivity index (χ3n) is 1.29. The Morgan fingerprint density at radius 1 is 1.25 bits per heavy atom. The highest BCUT2D eigenvalue weighted by Crippen LogP contribution is 2.04. The van der Waals surface area contributed by atoms with Crippen LogP contribution in [0.1, 0.15) is 0 Å². The normalized spacial score (nSPS) is 10.1. The highest BCUT2D eigenvalue weighted by Gasteiger charge is 1.97. The van der Waals surface area contributed by atoms with Gasteiger partial charge in [0.05, 0.1) is 5.03 Å². The highest BCUT2D eigenvalue weighted by atomic mass is 32.1. The standard InChI is InChI=1S/C6H5N5S/c12-6-1-5(8-3-9-6)11-4-7-2-10-11/h1-4H,(H,8,9,12). The van der Waals surface area contributed by atoms with E-state index in [1.54, 1.807) is 17.1 Å². The maximum Gasteiger partial charge on any atom is 0.159 e. The molecule has 60 valence electrons. The van der Waals surface area contributed by atoms with Crippen molar-refractivity contribution in [2.45, 2.75) is 5.03 Å². The Labute approximate surface area is 73.9 Å². The van der Waals surface area contributed by atoms with Gasteiger partial charge in [-0.05, 0) is 0 Å². The molecule has 5 nitrogen and oxygen atoms in total. The van der Waals surface area contributed by atoms with E-state index in [0.29, 0.717) is 10.8 Å². The third kappa shape index (κ3) is 1.28. The summed E-state index contributed by atoms with van der Waals surface area (Å²) in [7, 11) is 0. The van der Waals surface area contributed by atoms with Crippen molar-refractivity contribution < 1.29 is 0 Å². The van der Waals surface area contributed by atoms with Gasteiger partial charge in [-0.15, -0.1) is 12.6 Å². The fourth-order valence-electron chi connectivity index (χ4n) is 0.789. The van der Waals surface area contributed by atoms with Crippen molar-refractivity contribution in [3.63, 3.8) is 0 Å². The van der Waals surface area contributed by atoms with Crippen LogP contribution in [0.15, 0.2) is 30.1 Å². The number of nitrogens with zero attached hydrogens (tertiary/aromatic N) is 5. The monoisotopic (exact) mass is 179 g/mol. The van der Waals surface area contributed by atoms with Crippen LogP contribution in [0.25, 0.3) is 5.82 Å². The first-order chi connectivity index (χ1) is 5.86. The maximum atomic E-state index is 4.07. The molecule has 0 atom stereocenters. The lowest BCUT2D eigenvalue weighted by molar-refractivity contribution is 0.826. The Bertz CT molecular complexity index is 371. The molecule has 0 saturated carbocycles. The minimum atomic E-state index is 0.607. The molecule has 0 aliphatic rings. The van der Waals surface area contributed by atoms with Crippen molar-refractivity contribution in [3.8, 4) is 5.82 Å². The summed E-state index contributed by atoms with van der Waals surface area (Å²) in [5.41, 5.74) is 0. The van der Waals surface area contributed by atoms with Crippen LogP contribution in [0.2, 0.25) is 0 Å². The van der Waals surface area contributed by atoms with Crippen LogP contribution >= 0.6 is 12.6 Å². The summed E-state index contributed by atoms with van der Waals surface area (Å²) in [5, 5.41) is 4.52. The van der Waals surface area contributed by atoms with E-state index in [4.69, 9.17) is 0 Å². The van der Waals surface area contributed by atoms with Gasteiger partial charge in [0.15, 0.2) is 5.82 Å². The summed E-state index contributed by atoms with van der Waals surface area (Å²) < 4.78 is 1.54. The molecule has 0 amide bonds. The van der Waals surface area contributed by atoms with Crippen molar-refractivity contribution in [2.24, 2.45) is 0 Å². The Morgan fingerprint density at radius 2 is 2.17 bits per heavy atom. The number of hydrogen-bond acceptors (Lipinski definition) is 5. The van der Waals surface area contributed by atoms with E-state index in [2.05, 4.69) is 32.7 Å². The Kier molecular flexibility index (Phi) is 1.75. The fourth-order valence-corrected chi connectivity index (χ4v) is 0.956. The van der Waals surface area contributed by atoms with Gasteiger partial charge in [-0.25, -0.2) is 19.6 Å². The zero-order chi connectivity index (χ0) is 8.39. The van der Waals surface area contributed by atoms with Gasteiger partial charge in [0, 0.05) is 6.07 Å². The van der Waals surface area contributed by atoms with Crippen LogP contribution in [-0.4, -0.2) is 24.7 Å². The number of aromatic nitrogens is 5. The molecule has 0 bridgehead atoms. The maximum absolute atomic E-state index is 4.07. The summed E-state index contributed by atoms with van der Waals surface area (Å²) in [6, 6.07) is 1.71. The van der Waals surface area contributed by atoms with Crippen LogP contribution in [0, 0.1) is 0 Å². The molecule has 0 aromatic carbocycles. The second kappa shape index (κ2) is 2.90. The van der Waals surface area contributed by atoms with Gasteiger partial charge in [0.25, 0.3) is 0 Å². The molecule has 2 aromatic heterocycles. The van der Waals surface area contributed by atoms with E-state index in [1.807, 2.05) is 0 Å². The topological polar surface area (TPSA) is 56.5 Å². The Hall–Kier alpha value is -1.43. The molecule has 0 aliphatic heterocycles. The van der Waals surface area contributed by atoms with Crippen LogP contribution in [0.3, 0.4) is 0 Å². The van der Waals surface area contributed by atoms with Gasteiger partial charge >= 0.3 is 0 Å². The summed E-state index contributed by atoms with van der Waals surface area (Å²) in [5.74, 6) is 0.660. The molecule has 2 aromatic rings. The molecule has 6 heteroatoms. The zero-order valence-corrected chi connectivity index (χ0v) is 6.89. The summed E-state index contributed by atoms with van der Waals surface area (Å²) in [6.07, 6.45) is 4.44. The van der Waals surface area contributed by atoms with Crippen molar-refractivity contribution >= 4 is 12.6 Å². The number of rotatable bonds is 1. The van der Waals surface area contributed by atoms with Gasteiger partial charge in [-0.2, -0.15) is 5.10 Å². The minimum absolute atomic E-state index is 0.607. The van der Waals surface area contributed by atoms with E-state index in [0.717, 1.165) is 0 Å². The molecular formula is C6H5N5S. The molecule has 0 saturated heterocycles. The molecule has 0 unspecified atom stereocenters. The van der Waals surface area contributed by atoms with Crippen LogP contribution in [0.4, 0.5) is 0 Å². The molecule has 2 rings (SSSR count). The number of hydrogen-bond donors (Lipinski definition) is 1. The van der Waals surface area contributed by atoms with Crippen molar-refractivity contribution in [3.05, 3.63) is 25.0 Å². The average molecular weight is 179 g/mol.